The molecule has 1 aliphatic rings. The van der Waals surface area contributed by atoms with Gasteiger partial charge in [-0.3, -0.25) is 4.57 Å². The predicted octanol–water partition coefficient (Wildman–Crippen LogP) is -0.0776. The van der Waals surface area contributed by atoms with Gasteiger partial charge in [-0.15, -0.1) is 0 Å². The molecule has 0 aromatic carbocycles. The third kappa shape index (κ3) is 3.91. The average molecular weight is 267 g/mol. The first-order valence-electron chi connectivity index (χ1n) is 7.20. The van der Waals surface area contributed by atoms with Crippen LogP contribution in [-0.4, -0.2) is 53.0 Å². The Morgan fingerprint density at radius 2 is 2.16 bits per heavy atom. The number of fused-ring (bicyclic) bond motifs is 1. The largest absolute Gasteiger partial charge is 0.345 e. The molecule has 1 N–H and O–H groups in total. The fourth-order valence-corrected chi connectivity index (χ4v) is 2.42. The van der Waals surface area contributed by atoms with E-state index in [1.54, 1.807) is 4.68 Å². The molecular formula is C13H25N5O. The lowest BCUT2D eigenvalue weighted by Gasteiger charge is -2.09. The molecule has 0 saturated carbocycles. The Hall–Kier alpha value is -1.14. The quantitative estimate of drug-likeness (QED) is 0.702. The molecule has 0 atom stereocenters. The Morgan fingerprint density at radius 1 is 1.32 bits per heavy atom. The Morgan fingerprint density at radius 3 is 2.89 bits per heavy atom. The molecule has 0 radical (unpaired) electrons. The van der Waals surface area contributed by atoms with Crippen molar-refractivity contribution in [1.29, 1.82) is 0 Å². The van der Waals surface area contributed by atoms with Crippen LogP contribution in [0, 0.1) is 0 Å². The van der Waals surface area contributed by atoms with Gasteiger partial charge in [0.15, 0.2) is 0 Å². The molecule has 1 aromatic rings. The van der Waals surface area contributed by atoms with Crippen molar-refractivity contribution in [3.8, 4) is 0 Å². The zero-order valence-electron chi connectivity index (χ0n) is 12.1. The minimum absolute atomic E-state index is 0.0600. The first-order valence-corrected chi connectivity index (χ1v) is 7.20. The van der Waals surface area contributed by atoms with Gasteiger partial charge in [-0.05, 0) is 46.4 Å². The molecule has 0 aliphatic carbocycles. The van der Waals surface area contributed by atoms with Crippen molar-refractivity contribution in [2.45, 2.75) is 38.8 Å². The van der Waals surface area contributed by atoms with Gasteiger partial charge < -0.3 is 10.2 Å². The molecule has 2 heterocycles. The molecule has 6 heteroatoms. The Balaban J connectivity index is 1.74. The van der Waals surface area contributed by atoms with Gasteiger partial charge in [0.25, 0.3) is 0 Å². The van der Waals surface area contributed by atoms with E-state index in [0.29, 0.717) is 6.54 Å². The van der Waals surface area contributed by atoms with Crippen LogP contribution in [0.5, 0.6) is 0 Å². The van der Waals surface area contributed by atoms with Crippen molar-refractivity contribution >= 4 is 0 Å². The normalized spacial score (nSPS) is 14.9. The standard InChI is InChI=1S/C13H25N5O/c1-16(2)9-5-7-14-8-11-18-13(19)17-10-4-3-6-12(17)15-18/h14H,3-11H2,1-2H3. The molecule has 2 rings (SSSR count). The van der Waals surface area contributed by atoms with Crippen molar-refractivity contribution in [3.63, 3.8) is 0 Å². The van der Waals surface area contributed by atoms with Gasteiger partial charge >= 0.3 is 5.69 Å². The van der Waals surface area contributed by atoms with Crippen molar-refractivity contribution in [1.82, 2.24) is 24.6 Å². The van der Waals surface area contributed by atoms with E-state index in [4.69, 9.17) is 0 Å². The summed E-state index contributed by atoms with van der Waals surface area (Å²) in [5, 5.41) is 7.78. The summed E-state index contributed by atoms with van der Waals surface area (Å²) in [6.45, 7) is 4.39. The SMILES string of the molecule is CN(C)CCCNCCn1nc2n(c1=O)CCCC2. The van der Waals surface area contributed by atoms with Gasteiger partial charge in [0.05, 0.1) is 6.54 Å². The topological polar surface area (TPSA) is 55.1 Å². The minimum atomic E-state index is 0.0600. The number of hydrogen-bond acceptors (Lipinski definition) is 4. The number of aromatic nitrogens is 3. The van der Waals surface area contributed by atoms with Gasteiger partial charge in [-0.1, -0.05) is 0 Å². The monoisotopic (exact) mass is 267 g/mol. The van der Waals surface area contributed by atoms with Gasteiger partial charge in [0, 0.05) is 19.5 Å². The first-order chi connectivity index (χ1) is 9.18. The van der Waals surface area contributed by atoms with Crippen LogP contribution < -0.4 is 11.0 Å². The summed E-state index contributed by atoms with van der Waals surface area (Å²) in [6.07, 6.45) is 4.32. The molecular weight excluding hydrogens is 242 g/mol. The van der Waals surface area contributed by atoms with Crippen LogP contribution in [0.1, 0.15) is 25.1 Å². The summed E-state index contributed by atoms with van der Waals surface area (Å²) in [5.41, 5.74) is 0.0600. The molecule has 0 saturated heterocycles. The summed E-state index contributed by atoms with van der Waals surface area (Å²) < 4.78 is 3.44. The lowest BCUT2D eigenvalue weighted by Crippen LogP contribution is -2.31. The van der Waals surface area contributed by atoms with E-state index in [-0.39, 0.29) is 5.69 Å². The van der Waals surface area contributed by atoms with Crippen LogP contribution in [0.15, 0.2) is 4.79 Å². The van der Waals surface area contributed by atoms with E-state index in [2.05, 4.69) is 29.4 Å². The number of rotatable bonds is 7. The van der Waals surface area contributed by atoms with Gasteiger partial charge in [0.1, 0.15) is 5.82 Å². The number of nitrogens with zero attached hydrogens (tertiary/aromatic N) is 4. The van der Waals surface area contributed by atoms with Crippen LogP contribution in [-0.2, 0) is 19.5 Å². The number of aryl methyl sites for hydroxylation is 1. The highest BCUT2D eigenvalue weighted by Gasteiger charge is 2.15. The van der Waals surface area contributed by atoms with Gasteiger partial charge in [-0.2, -0.15) is 5.10 Å². The summed E-state index contributed by atoms with van der Waals surface area (Å²) in [5.74, 6) is 0.962. The van der Waals surface area contributed by atoms with Crippen molar-refractivity contribution in [3.05, 3.63) is 16.3 Å². The molecule has 19 heavy (non-hydrogen) atoms. The maximum Gasteiger partial charge on any atom is 0.345 e. The highest BCUT2D eigenvalue weighted by atomic mass is 16.2. The lowest BCUT2D eigenvalue weighted by atomic mass is 10.2. The highest BCUT2D eigenvalue weighted by Crippen LogP contribution is 2.08. The lowest BCUT2D eigenvalue weighted by molar-refractivity contribution is 0.392. The molecule has 1 aliphatic heterocycles. The van der Waals surface area contributed by atoms with E-state index in [0.717, 1.165) is 57.7 Å². The van der Waals surface area contributed by atoms with Crippen molar-refractivity contribution in [2.24, 2.45) is 0 Å². The van der Waals surface area contributed by atoms with Crippen LogP contribution in [0.3, 0.4) is 0 Å². The maximum atomic E-state index is 12.1. The van der Waals surface area contributed by atoms with E-state index in [9.17, 15) is 4.79 Å². The molecule has 108 valence electrons. The third-order valence-electron chi connectivity index (χ3n) is 3.49. The van der Waals surface area contributed by atoms with E-state index >= 15 is 0 Å². The summed E-state index contributed by atoms with van der Waals surface area (Å²) in [6, 6.07) is 0. The van der Waals surface area contributed by atoms with Crippen LogP contribution in [0.2, 0.25) is 0 Å². The summed E-state index contributed by atoms with van der Waals surface area (Å²) >= 11 is 0. The zero-order valence-corrected chi connectivity index (χ0v) is 12.1. The molecule has 0 unspecified atom stereocenters. The zero-order chi connectivity index (χ0) is 13.7. The molecule has 0 spiro atoms. The predicted molar refractivity (Wildman–Crippen MR) is 75.5 cm³/mol. The van der Waals surface area contributed by atoms with Gasteiger partial charge in [-0.25, -0.2) is 9.48 Å². The van der Waals surface area contributed by atoms with Crippen LogP contribution >= 0.6 is 0 Å². The highest BCUT2D eigenvalue weighted by molar-refractivity contribution is 4.91. The minimum Gasteiger partial charge on any atom is -0.315 e. The molecule has 1 aromatic heterocycles. The third-order valence-corrected chi connectivity index (χ3v) is 3.49. The smallest absolute Gasteiger partial charge is 0.315 e. The van der Waals surface area contributed by atoms with Crippen LogP contribution in [0.25, 0.3) is 0 Å². The van der Waals surface area contributed by atoms with E-state index in [1.165, 1.54) is 0 Å². The second kappa shape index (κ2) is 6.86. The molecule has 6 nitrogen and oxygen atoms in total. The van der Waals surface area contributed by atoms with Crippen molar-refractivity contribution in [2.75, 3.05) is 33.7 Å². The average Bonchev–Trinajstić information content (AvgIpc) is 2.71. The van der Waals surface area contributed by atoms with E-state index in [1.807, 2.05) is 4.57 Å². The molecule has 0 amide bonds. The van der Waals surface area contributed by atoms with Gasteiger partial charge in [0.2, 0.25) is 0 Å². The van der Waals surface area contributed by atoms with E-state index < -0.39 is 0 Å². The Bertz CT molecular complexity index is 448. The summed E-state index contributed by atoms with van der Waals surface area (Å²) in [4.78, 5) is 14.2. The molecule has 0 fully saturated rings. The first kappa shape index (κ1) is 14.3. The summed E-state index contributed by atoms with van der Waals surface area (Å²) in [7, 11) is 4.16. The number of nitrogens with one attached hydrogen (secondary N) is 1. The Labute approximate surface area is 114 Å². The van der Waals surface area contributed by atoms with Crippen LogP contribution in [0.4, 0.5) is 0 Å². The van der Waals surface area contributed by atoms with Crippen molar-refractivity contribution < 1.29 is 0 Å². The fourth-order valence-electron chi connectivity index (χ4n) is 2.42. The second-order valence-corrected chi connectivity index (χ2v) is 5.44. The molecule has 0 bridgehead atoms. The number of hydrogen-bond donors (Lipinski definition) is 1. The second-order valence-electron chi connectivity index (χ2n) is 5.44. The Kier molecular flexibility index (Phi) is 5.15. The fraction of sp³-hybridized carbons (Fsp3) is 0.846. The maximum absolute atomic E-state index is 12.1.